The van der Waals surface area contributed by atoms with E-state index < -0.39 is 11.9 Å². The maximum Gasteiger partial charge on any atom is 0.336 e. The second-order valence-corrected chi connectivity index (χ2v) is 8.49. The molecule has 0 amide bonds. The zero-order valence-corrected chi connectivity index (χ0v) is 17.1. The summed E-state index contributed by atoms with van der Waals surface area (Å²) in [5.74, 6) is -0.900. The fourth-order valence-electron chi connectivity index (χ4n) is 4.48. The van der Waals surface area contributed by atoms with Gasteiger partial charge in [0.25, 0.3) is 0 Å². The molecule has 0 saturated heterocycles. The summed E-state index contributed by atoms with van der Waals surface area (Å²) in [4.78, 5) is 26.0. The Morgan fingerprint density at radius 1 is 1.21 bits per heavy atom. The van der Waals surface area contributed by atoms with Gasteiger partial charge in [-0.25, -0.2) is 4.79 Å². The number of benzene rings is 1. The van der Waals surface area contributed by atoms with Crippen molar-refractivity contribution >= 4 is 11.8 Å². The van der Waals surface area contributed by atoms with Crippen molar-refractivity contribution in [3.63, 3.8) is 0 Å². The highest BCUT2D eigenvalue weighted by Gasteiger charge is 2.44. The molecule has 1 aromatic carbocycles. The van der Waals surface area contributed by atoms with Crippen LogP contribution >= 0.6 is 0 Å². The van der Waals surface area contributed by atoms with Crippen LogP contribution in [0.5, 0.6) is 0 Å². The molecular weight excluding hydrogens is 366 g/mol. The van der Waals surface area contributed by atoms with Crippen molar-refractivity contribution in [1.82, 2.24) is 15.5 Å². The summed E-state index contributed by atoms with van der Waals surface area (Å²) >= 11 is 0. The molecule has 4 rings (SSSR count). The first-order valence-corrected chi connectivity index (χ1v) is 9.73. The van der Waals surface area contributed by atoms with Crippen LogP contribution in [0.15, 0.2) is 59.1 Å². The Hall–Kier alpha value is -3.15. The second kappa shape index (κ2) is 7.03. The molecule has 2 aromatic rings. The van der Waals surface area contributed by atoms with E-state index >= 15 is 0 Å². The lowest BCUT2D eigenvalue weighted by atomic mass is 9.68. The van der Waals surface area contributed by atoms with Crippen molar-refractivity contribution in [2.24, 2.45) is 5.41 Å². The van der Waals surface area contributed by atoms with E-state index in [0.29, 0.717) is 23.3 Å². The van der Waals surface area contributed by atoms with Crippen LogP contribution in [0.1, 0.15) is 45.1 Å². The van der Waals surface area contributed by atoms with E-state index in [1.807, 2.05) is 37.3 Å². The average molecular weight is 391 g/mol. The van der Waals surface area contributed by atoms with Crippen LogP contribution < -0.4 is 5.32 Å². The molecule has 2 N–H and O–H groups in total. The van der Waals surface area contributed by atoms with Gasteiger partial charge in [0, 0.05) is 29.0 Å². The van der Waals surface area contributed by atoms with Crippen LogP contribution in [0, 0.1) is 5.41 Å². The van der Waals surface area contributed by atoms with Crippen LogP contribution in [0.2, 0.25) is 0 Å². The molecule has 150 valence electrons. The monoisotopic (exact) mass is 391 g/mol. The summed E-state index contributed by atoms with van der Waals surface area (Å²) in [6.45, 7) is 6.04. The number of ketones is 1. The minimum absolute atomic E-state index is 0.0582. The van der Waals surface area contributed by atoms with Gasteiger partial charge >= 0.3 is 5.97 Å². The van der Waals surface area contributed by atoms with E-state index in [2.05, 4.69) is 29.4 Å². The number of H-pyrrole nitrogens is 1. The van der Waals surface area contributed by atoms with Crippen molar-refractivity contribution < 1.29 is 14.3 Å². The van der Waals surface area contributed by atoms with Crippen LogP contribution in [-0.2, 0) is 14.3 Å². The second-order valence-electron chi connectivity index (χ2n) is 8.49. The molecule has 0 radical (unpaired) electrons. The summed E-state index contributed by atoms with van der Waals surface area (Å²) < 4.78 is 5.09. The Labute approximate surface area is 170 Å². The van der Waals surface area contributed by atoms with E-state index in [1.165, 1.54) is 7.11 Å². The third-order valence-corrected chi connectivity index (χ3v) is 5.69. The van der Waals surface area contributed by atoms with Gasteiger partial charge in [-0.1, -0.05) is 44.2 Å². The van der Waals surface area contributed by atoms with Gasteiger partial charge in [-0.3, -0.25) is 9.89 Å². The Bertz CT molecular complexity index is 1040. The molecule has 6 heteroatoms. The van der Waals surface area contributed by atoms with Crippen molar-refractivity contribution in [1.29, 1.82) is 0 Å². The third-order valence-electron chi connectivity index (χ3n) is 5.69. The predicted molar refractivity (Wildman–Crippen MR) is 110 cm³/mol. The number of dihydropyridines is 1. The summed E-state index contributed by atoms with van der Waals surface area (Å²) in [6.07, 6.45) is 2.90. The highest BCUT2D eigenvalue weighted by Crippen LogP contribution is 2.48. The first kappa shape index (κ1) is 19.2. The lowest BCUT2D eigenvalue weighted by Crippen LogP contribution is -2.38. The molecule has 29 heavy (non-hydrogen) atoms. The van der Waals surface area contributed by atoms with Crippen LogP contribution in [0.3, 0.4) is 0 Å². The fraction of sp³-hybridized carbons (Fsp3) is 0.348. The number of esters is 1. The van der Waals surface area contributed by atoms with E-state index in [1.54, 1.807) is 6.20 Å². The first-order chi connectivity index (χ1) is 13.8. The summed E-state index contributed by atoms with van der Waals surface area (Å²) in [7, 11) is 1.36. The number of aromatic nitrogens is 2. The minimum atomic E-state index is -0.517. The Morgan fingerprint density at radius 3 is 2.62 bits per heavy atom. The number of carbonyl (C=O) groups is 2. The largest absolute Gasteiger partial charge is 0.466 e. The van der Waals surface area contributed by atoms with Crippen LogP contribution in [0.4, 0.5) is 0 Å². The van der Waals surface area contributed by atoms with Gasteiger partial charge in [0.1, 0.15) is 0 Å². The lowest BCUT2D eigenvalue weighted by Gasteiger charge is -2.39. The highest BCUT2D eigenvalue weighted by molar-refractivity contribution is 6.04. The molecular formula is C23H25N3O3. The number of methoxy groups -OCH3 is 1. The molecule has 0 fully saturated rings. The number of Topliss-reactive ketones (excluding diaryl/α,β-unsaturated/α-hetero) is 1. The number of allylic oxidation sites excluding steroid dienone is 3. The maximum atomic E-state index is 13.3. The van der Waals surface area contributed by atoms with Crippen molar-refractivity contribution in [3.8, 4) is 11.3 Å². The molecule has 1 atom stereocenters. The molecule has 1 aliphatic carbocycles. The SMILES string of the molecule is COC(=O)C1=C(C)NC2=C(C(=O)CC(C)(C)C2)[C@@H]1c1cn[nH]c1-c1ccccc1. The van der Waals surface area contributed by atoms with E-state index in [-0.39, 0.29) is 11.2 Å². The van der Waals surface area contributed by atoms with E-state index in [4.69, 9.17) is 4.74 Å². The molecule has 0 spiro atoms. The maximum absolute atomic E-state index is 13.3. The third kappa shape index (κ3) is 3.28. The summed E-state index contributed by atoms with van der Waals surface area (Å²) in [5, 5.41) is 10.6. The molecule has 2 heterocycles. The van der Waals surface area contributed by atoms with Crippen molar-refractivity contribution in [2.75, 3.05) is 7.11 Å². The minimum Gasteiger partial charge on any atom is -0.466 e. The lowest BCUT2D eigenvalue weighted by molar-refractivity contribution is -0.136. The summed E-state index contributed by atoms with van der Waals surface area (Å²) in [6, 6.07) is 9.80. The van der Waals surface area contributed by atoms with Crippen molar-refractivity contribution in [2.45, 2.75) is 39.5 Å². The van der Waals surface area contributed by atoms with E-state index in [9.17, 15) is 9.59 Å². The van der Waals surface area contributed by atoms with Gasteiger partial charge in [-0.15, -0.1) is 0 Å². The molecule has 0 bridgehead atoms. The molecule has 0 unspecified atom stereocenters. The number of hydrogen-bond donors (Lipinski definition) is 2. The van der Waals surface area contributed by atoms with Gasteiger partial charge < -0.3 is 10.1 Å². The average Bonchev–Trinajstić information content (AvgIpc) is 3.15. The van der Waals surface area contributed by atoms with Gasteiger partial charge in [0.15, 0.2) is 5.78 Å². The van der Waals surface area contributed by atoms with Gasteiger partial charge in [0.05, 0.1) is 30.5 Å². The highest BCUT2D eigenvalue weighted by atomic mass is 16.5. The van der Waals surface area contributed by atoms with Gasteiger partial charge in [0.2, 0.25) is 0 Å². The smallest absolute Gasteiger partial charge is 0.336 e. The Morgan fingerprint density at radius 2 is 1.93 bits per heavy atom. The number of carbonyl (C=O) groups excluding carboxylic acids is 2. The molecule has 6 nitrogen and oxygen atoms in total. The normalized spacial score (nSPS) is 21.0. The van der Waals surface area contributed by atoms with Gasteiger partial charge in [-0.05, 0) is 24.3 Å². The first-order valence-electron chi connectivity index (χ1n) is 9.73. The number of nitrogens with one attached hydrogen (secondary N) is 2. The molecule has 1 aromatic heterocycles. The number of aromatic amines is 1. The topological polar surface area (TPSA) is 84.1 Å². The zero-order valence-electron chi connectivity index (χ0n) is 17.1. The number of rotatable bonds is 3. The molecule has 1 aliphatic heterocycles. The predicted octanol–water partition coefficient (Wildman–Crippen LogP) is 3.85. The van der Waals surface area contributed by atoms with Crippen molar-refractivity contribution in [3.05, 3.63) is 64.6 Å². The standard InChI is InChI=1S/C23H25N3O3/c1-13-18(22(28)29-4)19(20-16(25-13)10-23(2,3)11-17(20)27)15-12-24-26-21(15)14-8-6-5-7-9-14/h5-9,12,19,25H,10-11H2,1-4H3,(H,24,26)/t19-/m1/s1. The Balaban J connectivity index is 1.93. The Kier molecular flexibility index (Phi) is 4.65. The number of nitrogens with zero attached hydrogens (tertiary/aromatic N) is 1. The van der Waals surface area contributed by atoms with Crippen LogP contribution in [0.25, 0.3) is 11.3 Å². The molecule has 2 aliphatic rings. The van der Waals surface area contributed by atoms with E-state index in [0.717, 1.165) is 28.9 Å². The fourth-order valence-corrected chi connectivity index (χ4v) is 4.48. The molecule has 0 saturated carbocycles. The summed E-state index contributed by atoms with van der Waals surface area (Å²) in [5.41, 5.74) is 5.13. The quantitative estimate of drug-likeness (QED) is 0.777. The zero-order chi connectivity index (χ0) is 20.8. The number of ether oxygens (including phenoxy) is 1. The van der Waals surface area contributed by atoms with Gasteiger partial charge in [-0.2, -0.15) is 5.10 Å². The number of hydrogen-bond acceptors (Lipinski definition) is 5. The van der Waals surface area contributed by atoms with Crippen LogP contribution in [-0.4, -0.2) is 29.1 Å².